The van der Waals surface area contributed by atoms with E-state index < -0.39 is 0 Å². The summed E-state index contributed by atoms with van der Waals surface area (Å²) in [6, 6.07) is 8.12. The smallest absolute Gasteiger partial charge is 0.141 e. The molecule has 0 saturated carbocycles. The molecule has 144 valence electrons. The van der Waals surface area contributed by atoms with Crippen LogP contribution in [0.25, 0.3) is 11.3 Å². The molecule has 1 aromatic heterocycles. The van der Waals surface area contributed by atoms with Gasteiger partial charge in [-0.2, -0.15) is 0 Å². The molecular formula is C21H29N5O. The van der Waals surface area contributed by atoms with Gasteiger partial charge >= 0.3 is 0 Å². The lowest BCUT2D eigenvalue weighted by molar-refractivity contribution is 0.0680. The molecule has 0 unspecified atom stereocenters. The first-order valence-electron chi connectivity index (χ1n) is 9.58. The molecule has 0 bridgehead atoms. The van der Waals surface area contributed by atoms with E-state index in [1.807, 2.05) is 29.3 Å². The average molecular weight is 367 g/mol. The van der Waals surface area contributed by atoms with Crippen molar-refractivity contribution in [3.63, 3.8) is 0 Å². The number of amidine groups is 1. The van der Waals surface area contributed by atoms with Crippen LogP contribution in [0, 0.1) is 5.41 Å². The van der Waals surface area contributed by atoms with Crippen molar-refractivity contribution in [1.29, 1.82) is 5.41 Å². The van der Waals surface area contributed by atoms with E-state index in [-0.39, 0.29) is 0 Å². The maximum absolute atomic E-state index is 8.68. The molecule has 2 heterocycles. The second kappa shape index (κ2) is 8.39. The number of anilines is 1. The Bertz CT molecular complexity index is 831. The van der Waals surface area contributed by atoms with Gasteiger partial charge in [-0.25, -0.2) is 4.99 Å². The Labute approximate surface area is 161 Å². The molecule has 3 rings (SSSR count). The highest BCUT2D eigenvalue weighted by Crippen LogP contribution is 2.32. The van der Waals surface area contributed by atoms with Gasteiger partial charge in [-0.05, 0) is 41.7 Å². The summed E-state index contributed by atoms with van der Waals surface area (Å²) in [6.45, 7) is 9.10. The number of ether oxygens (including phenoxy) is 1. The van der Waals surface area contributed by atoms with Crippen LogP contribution < -0.4 is 5.73 Å². The Morgan fingerprint density at radius 3 is 2.74 bits per heavy atom. The van der Waals surface area contributed by atoms with Gasteiger partial charge in [-0.3, -0.25) is 5.41 Å². The van der Waals surface area contributed by atoms with E-state index in [9.17, 15) is 0 Å². The van der Waals surface area contributed by atoms with E-state index in [1.165, 1.54) is 0 Å². The minimum Gasteiger partial charge on any atom is -0.398 e. The van der Waals surface area contributed by atoms with Crippen molar-refractivity contribution in [2.24, 2.45) is 4.99 Å². The van der Waals surface area contributed by atoms with Crippen LogP contribution in [0.15, 0.2) is 29.3 Å². The normalized spacial score (nSPS) is 15.0. The monoisotopic (exact) mass is 367 g/mol. The molecular weight excluding hydrogens is 338 g/mol. The number of hydrogen-bond donors (Lipinski definition) is 3. The zero-order chi connectivity index (χ0) is 19.4. The van der Waals surface area contributed by atoms with E-state index in [0.717, 1.165) is 53.4 Å². The van der Waals surface area contributed by atoms with Crippen LogP contribution in [-0.2, 0) is 4.74 Å². The van der Waals surface area contributed by atoms with Crippen LogP contribution in [0.4, 0.5) is 11.5 Å². The molecule has 6 nitrogen and oxygen atoms in total. The Morgan fingerprint density at radius 2 is 2.07 bits per heavy atom. The van der Waals surface area contributed by atoms with Crippen molar-refractivity contribution in [2.45, 2.75) is 33.1 Å². The molecule has 0 spiro atoms. The fraction of sp³-hybridized carbons (Fsp3) is 0.429. The maximum Gasteiger partial charge on any atom is 0.141 e. The summed E-state index contributed by atoms with van der Waals surface area (Å²) in [6.07, 6.45) is 2.71. The van der Waals surface area contributed by atoms with Crippen molar-refractivity contribution in [2.75, 3.05) is 32.0 Å². The number of morpholine rings is 1. The van der Waals surface area contributed by atoms with Crippen LogP contribution in [0.1, 0.15) is 44.2 Å². The molecule has 1 aliphatic heterocycles. The number of nitrogens with two attached hydrogens (primary N) is 1. The molecule has 1 aliphatic rings. The molecule has 2 aromatic rings. The SMILES string of the molecule is CC/C=N\c1[nH]c(-c2ccc(N)c(C(C)C)c2)cc1C(=N)N1CCOCC1. The Balaban J connectivity index is 2.00. The summed E-state index contributed by atoms with van der Waals surface area (Å²) in [4.78, 5) is 10.0. The van der Waals surface area contributed by atoms with Crippen LogP contribution in [0.2, 0.25) is 0 Å². The number of aromatic amines is 1. The number of nitrogen functional groups attached to an aromatic ring is 1. The van der Waals surface area contributed by atoms with Crippen LogP contribution in [-0.4, -0.2) is 48.2 Å². The predicted octanol–water partition coefficient (Wildman–Crippen LogP) is 4.16. The second-order valence-corrected chi connectivity index (χ2v) is 7.11. The summed E-state index contributed by atoms with van der Waals surface area (Å²) < 4.78 is 5.41. The van der Waals surface area contributed by atoms with Gasteiger partial charge in [0.2, 0.25) is 0 Å². The summed E-state index contributed by atoms with van der Waals surface area (Å²) in [5.41, 5.74) is 10.9. The van der Waals surface area contributed by atoms with E-state index in [1.54, 1.807) is 0 Å². The number of nitrogens with zero attached hydrogens (tertiary/aromatic N) is 2. The first-order chi connectivity index (χ1) is 13.0. The Morgan fingerprint density at radius 1 is 1.33 bits per heavy atom. The van der Waals surface area contributed by atoms with E-state index in [2.05, 4.69) is 36.8 Å². The number of nitrogens with one attached hydrogen (secondary N) is 2. The summed E-state index contributed by atoms with van der Waals surface area (Å²) in [5.74, 6) is 1.57. The molecule has 1 saturated heterocycles. The molecule has 6 heteroatoms. The number of aromatic nitrogens is 1. The Hall–Kier alpha value is -2.60. The van der Waals surface area contributed by atoms with Gasteiger partial charge < -0.3 is 20.4 Å². The van der Waals surface area contributed by atoms with Gasteiger partial charge in [0.15, 0.2) is 0 Å². The molecule has 0 amide bonds. The predicted molar refractivity (Wildman–Crippen MR) is 112 cm³/mol. The third-order valence-electron chi connectivity index (χ3n) is 4.80. The number of hydrogen-bond acceptors (Lipinski definition) is 4. The lowest BCUT2D eigenvalue weighted by atomic mass is 9.97. The first-order valence-corrected chi connectivity index (χ1v) is 9.58. The highest BCUT2D eigenvalue weighted by Gasteiger charge is 2.20. The maximum atomic E-state index is 8.68. The summed E-state index contributed by atoms with van der Waals surface area (Å²) in [7, 11) is 0. The summed E-state index contributed by atoms with van der Waals surface area (Å²) in [5, 5.41) is 8.68. The minimum absolute atomic E-state index is 0.351. The third-order valence-corrected chi connectivity index (χ3v) is 4.80. The van der Waals surface area contributed by atoms with Crippen LogP contribution in [0.5, 0.6) is 0 Å². The first kappa shape index (κ1) is 19.2. The van der Waals surface area contributed by atoms with Gasteiger partial charge in [-0.1, -0.05) is 26.8 Å². The van der Waals surface area contributed by atoms with Gasteiger partial charge in [0.25, 0.3) is 0 Å². The van der Waals surface area contributed by atoms with Crippen LogP contribution in [0.3, 0.4) is 0 Å². The average Bonchev–Trinajstić information content (AvgIpc) is 3.10. The minimum atomic E-state index is 0.351. The molecule has 1 fully saturated rings. The quantitative estimate of drug-likeness (QED) is 0.421. The molecule has 1 aromatic carbocycles. The van der Waals surface area contributed by atoms with Gasteiger partial charge in [-0.15, -0.1) is 0 Å². The fourth-order valence-corrected chi connectivity index (χ4v) is 3.26. The van der Waals surface area contributed by atoms with E-state index >= 15 is 0 Å². The van der Waals surface area contributed by atoms with Crippen LogP contribution >= 0.6 is 0 Å². The van der Waals surface area contributed by atoms with Crippen molar-refractivity contribution in [3.8, 4) is 11.3 Å². The molecule has 27 heavy (non-hydrogen) atoms. The number of rotatable bonds is 5. The van der Waals surface area contributed by atoms with Gasteiger partial charge in [0.1, 0.15) is 11.7 Å². The fourth-order valence-electron chi connectivity index (χ4n) is 3.26. The number of aliphatic imine (C=N–C) groups is 1. The van der Waals surface area contributed by atoms with Gasteiger partial charge in [0, 0.05) is 30.7 Å². The highest BCUT2D eigenvalue weighted by atomic mass is 16.5. The topological polar surface area (TPSA) is 90.5 Å². The second-order valence-electron chi connectivity index (χ2n) is 7.11. The van der Waals surface area contributed by atoms with Crippen molar-refractivity contribution in [1.82, 2.24) is 9.88 Å². The van der Waals surface area contributed by atoms with Crippen molar-refractivity contribution < 1.29 is 4.74 Å². The van der Waals surface area contributed by atoms with Crippen molar-refractivity contribution in [3.05, 3.63) is 35.4 Å². The number of benzene rings is 1. The van der Waals surface area contributed by atoms with E-state index in [0.29, 0.717) is 25.0 Å². The Kier molecular flexibility index (Phi) is 5.96. The largest absolute Gasteiger partial charge is 0.398 e. The van der Waals surface area contributed by atoms with E-state index in [4.69, 9.17) is 15.9 Å². The lowest BCUT2D eigenvalue weighted by Gasteiger charge is -2.28. The number of H-pyrrole nitrogens is 1. The standard InChI is InChI=1S/C21H29N5O/c1-4-7-24-21-17(20(23)26-8-10-27-11-9-26)13-19(25-21)15-5-6-18(22)16(12-15)14(2)3/h5-7,12-14,23,25H,4,8-11,22H2,1-3H3/b23-20?,24-7-. The molecule has 0 atom stereocenters. The summed E-state index contributed by atoms with van der Waals surface area (Å²) >= 11 is 0. The molecule has 4 N–H and O–H groups in total. The third kappa shape index (κ3) is 4.22. The highest BCUT2D eigenvalue weighted by molar-refractivity contribution is 6.02. The zero-order valence-electron chi connectivity index (χ0n) is 16.4. The zero-order valence-corrected chi connectivity index (χ0v) is 16.4. The van der Waals surface area contributed by atoms with Gasteiger partial charge in [0.05, 0.1) is 18.8 Å². The molecule has 0 radical (unpaired) electrons. The van der Waals surface area contributed by atoms with Crippen molar-refractivity contribution >= 4 is 23.6 Å². The molecule has 0 aliphatic carbocycles. The lowest BCUT2D eigenvalue weighted by Crippen LogP contribution is -2.40.